The topological polar surface area (TPSA) is 84.9 Å². The summed E-state index contributed by atoms with van der Waals surface area (Å²) in [6.07, 6.45) is -2.77. The highest BCUT2D eigenvalue weighted by Gasteiger charge is 2.38. The number of rotatable bonds is 3. The van der Waals surface area contributed by atoms with Crippen LogP contribution >= 0.6 is 11.3 Å². The second kappa shape index (κ2) is 5.70. The average molecular weight is 342 g/mol. The van der Waals surface area contributed by atoms with E-state index in [-0.39, 0.29) is 5.82 Å². The summed E-state index contributed by atoms with van der Waals surface area (Å²) in [5.74, 6) is -1.59. The van der Waals surface area contributed by atoms with Gasteiger partial charge in [0.05, 0.1) is 22.5 Å². The molecule has 0 bridgehead atoms. The Hall–Kier alpha value is -2.33. The minimum atomic E-state index is -4.69. The lowest BCUT2D eigenvalue weighted by Gasteiger charge is -2.06. The molecule has 0 amide bonds. The SMILES string of the molecule is Cc1cnc([C@H](O)c2ccc(-c3noc(C(F)(F)F)n3)s2)cn1. The van der Waals surface area contributed by atoms with Crippen molar-refractivity contribution in [2.45, 2.75) is 19.2 Å². The molecule has 120 valence electrons. The minimum Gasteiger partial charge on any atom is -0.381 e. The lowest BCUT2D eigenvalue weighted by Crippen LogP contribution is -2.04. The van der Waals surface area contributed by atoms with Gasteiger partial charge in [-0.3, -0.25) is 9.97 Å². The molecule has 0 aromatic carbocycles. The average Bonchev–Trinajstić information content (AvgIpc) is 3.16. The Labute approximate surface area is 131 Å². The molecular formula is C13H9F3N4O2S. The molecule has 6 nitrogen and oxygen atoms in total. The van der Waals surface area contributed by atoms with Crippen molar-refractivity contribution in [1.82, 2.24) is 20.1 Å². The van der Waals surface area contributed by atoms with Crippen LogP contribution in [-0.4, -0.2) is 25.2 Å². The van der Waals surface area contributed by atoms with Crippen LogP contribution in [0.25, 0.3) is 10.7 Å². The van der Waals surface area contributed by atoms with Gasteiger partial charge in [0, 0.05) is 11.1 Å². The Morgan fingerprint density at radius 1 is 1.22 bits per heavy atom. The molecular weight excluding hydrogens is 333 g/mol. The van der Waals surface area contributed by atoms with E-state index < -0.39 is 18.2 Å². The number of nitrogens with zero attached hydrogens (tertiary/aromatic N) is 4. The van der Waals surface area contributed by atoms with Crippen LogP contribution in [0.2, 0.25) is 0 Å². The molecule has 0 aliphatic rings. The van der Waals surface area contributed by atoms with E-state index >= 15 is 0 Å². The first-order valence-corrected chi connectivity index (χ1v) is 7.14. The molecule has 3 aromatic heterocycles. The maximum absolute atomic E-state index is 12.5. The Morgan fingerprint density at radius 3 is 2.61 bits per heavy atom. The summed E-state index contributed by atoms with van der Waals surface area (Å²) in [6, 6.07) is 3.08. The molecule has 0 unspecified atom stereocenters. The van der Waals surface area contributed by atoms with E-state index in [2.05, 4.69) is 24.6 Å². The predicted octanol–water partition coefficient (Wildman–Crippen LogP) is 3.00. The number of aliphatic hydroxyl groups excluding tert-OH is 1. The van der Waals surface area contributed by atoms with Crippen molar-refractivity contribution in [3.05, 3.63) is 46.7 Å². The molecule has 10 heteroatoms. The van der Waals surface area contributed by atoms with Gasteiger partial charge in [0.1, 0.15) is 6.10 Å². The Balaban J connectivity index is 1.85. The van der Waals surface area contributed by atoms with Gasteiger partial charge in [-0.2, -0.15) is 18.2 Å². The van der Waals surface area contributed by atoms with Gasteiger partial charge in [0.2, 0.25) is 5.82 Å². The molecule has 0 aliphatic heterocycles. The number of aliphatic hydroxyl groups is 1. The molecule has 1 N–H and O–H groups in total. The number of aryl methyl sites for hydroxylation is 1. The Kier molecular flexibility index (Phi) is 3.86. The van der Waals surface area contributed by atoms with E-state index in [1.54, 1.807) is 13.0 Å². The van der Waals surface area contributed by atoms with Crippen molar-refractivity contribution in [2.24, 2.45) is 0 Å². The summed E-state index contributed by atoms with van der Waals surface area (Å²) < 4.78 is 41.6. The molecule has 0 saturated carbocycles. The number of hydrogen-bond acceptors (Lipinski definition) is 7. The molecule has 3 rings (SSSR count). The summed E-state index contributed by atoms with van der Waals surface area (Å²) in [5, 5.41) is 13.5. The van der Waals surface area contributed by atoms with Crippen LogP contribution in [0.15, 0.2) is 29.0 Å². The maximum Gasteiger partial charge on any atom is 0.471 e. The van der Waals surface area contributed by atoms with Crippen molar-refractivity contribution in [2.75, 3.05) is 0 Å². The second-order valence-corrected chi connectivity index (χ2v) is 5.72. The minimum absolute atomic E-state index is 0.184. The molecule has 0 spiro atoms. The van der Waals surface area contributed by atoms with Crippen LogP contribution in [0, 0.1) is 6.92 Å². The third-order valence-corrected chi connectivity index (χ3v) is 4.00. The summed E-state index contributed by atoms with van der Waals surface area (Å²) in [6.45, 7) is 1.76. The van der Waals surface area contributed by atoms with Crippen molar-refractivity contribution in [1.29, 1.82) is 0 Å². The van der Waals surface area contributed by atoms with Gasteiger partial charge in [-0.15, -0.1) is 11.3 Å². The fraction of sp³-hybridized carbons (Fsp3) is 0.231. The van der Waals surface area contributed by atoms with E-state index in [4.69, 9.17) is 0 Å². The predicted molar refractivity (Wildman–Crippen MR) is 73.4 cm³/mol. The van der Waals surface area contributed by atoms with E-state index in [0.717, 1.165) is 11.3 Å². The Bertz CT molecular complexity index is 813. The maximum atomic E-state index is 12.5. The van der Waals surface area contributed by atoms with E-state index in [9.17, 15) is 18.3 Å². The highest BCUT2D eigenvalue weighted by Crippen LogP contribution is 2.34. The third-order valence-electron chi connectivity index (χ3n) is 2.87. The van der Waals surface area contributed by atoms with Crippen molar-refractivity contribution >= 4 is 11.3 Å². The number of hydrogen-bond donors (Lipinski definition) is 1. The zero-order valence-corrected chi connectivity index (χ0v) is 12.4. The standard InChI is InChI=1S/C13H9F3N4O2S/c1-6-4-18-7(5-17-6)10(21)8-2-3-9(23-8)11-19-12(22-20-11)13(14,15)16/h2-5,10,21H,1H3/t10-/m0/s1. The van der Waals surface area contributed by atoms with Crippen LogP contribution in [0.1, 0.15) is 28.3 Å². The lowest BCUT2D eigenvalue weighted by atomic mass is 10.2. The van der Waals surface area contributed by atoms with Gasteiger partial charge in [-0.25, -0.2) is 0 Å². The summed E-state index contributed by atoms with van der Waals surface area (Å²) in [7, 11) is 0. The van der Waals surface area contributed by atoms with E-state index in [1.165, 1.54) is 18.5 Å². The number of halogens is 3. The zero-order valence-electron chi connectivity index (χ0n) is 11.6. The summed E-state index contributed by atoms with van der Waals surface area (Å²) in [4.78, 5) is 12.2. The van der Waals surface area contributed by atoms with E-state index in [0.29, 0.717) is 21.1 Å². The first kappa shape index (κ1) is 15.6. The van der Waals surface area contributed by atoms with Crippen LogP contribution < -0.4 is 0 Å². The van der Waals surface area contributed by atoms with Gasteiger partial charge in [-0.05, 0) is 19.1 Å². The zero-order chi connectivity index (χ0) is 16.6. The lowest BCUT2D eigenvalue weighted by molar-refractivity contribution is -0.159. The quantitative estimate of drug-likeness (QED) is 0.788. The van der Waals surface area contributed by atoms with Crippen molar-refractivity contribution in [3.8, 4) is 10.7 Å². The van der Waals surface area contributed by atoms with Gasteiger partial charge in [0.25, 0.3) is 0 Å². The van der Waals surface area contributed by atoms with E-state index in [1.807, 2.05) is 0 Å². The van der Waals surface area contributed by atoms with Crippen molar-refractivity contribution < 1.29 is 22.8 Å². The summed E-state index contributed by atoms with van der Waals surface area (Å²) >= 11 is 1.05. The monoisotopic (exact) mass is 342 g/mol. The number of alkyl halides is 3. The molecule has 3 aromatic rings. The fourth-order valence-electron chi connectivity index (χ4n) is 1.75. The van der Waals surface area contributed by atoms with Gasteiger partial charge < -0.3 is 9.63 Å². The molecule has 23 heavy (non-hydrogen) atoms. The van der Waals surface area contributed by atoms with Crippen LogP contribution in [0.4, 0.5) is 13.2 Å². The first-order chi connectivity index (χ1) is 10.8. The molecule has 0 fully saturated rings. The number of aromatic nitrogens is 4. The van der Waals surface area contributed by atoms with Gasteiger partial charge in [0.15, 0.2) is 0 Å². The first-order valence-electron chi connectivity index (χ1n) is 6.32. The van der Waals surface area contributed by atoms with Crippen molar-refractivity contribution in [3.63, 3.8) is 0 Å². The fourth-order valence-corrected chi connectivity index (χ4v) is 2.68. The van der Waals surface area contributed by atoms with Gasteiger partial charge in [-0.1, -0.05) is 5.16 Å². The largest absolute Gasteiger partial charge is 0.471 e. The molecule has 0 radical (unpaired) electrons. The van der Waals surface area contributed by atoms with Gasteiger partial charge >= 0.3 is 12.1 Å². The third kappa shape index (κ3) is 3.22. The Morgan fingerprint density at radius 2 is 2.00 bits per heavy atom. The molecule has 3 heterocycles. The molecule has 0 saturated heterocycles. The highest BCUT2D eigenvalue weighted by molar-refractivity contribution is 7.15. The van der Waals surface area contributed by atoms with Crippen LogP contribution in [0.3, 0.4) is 0 Å². The molecule has 0 aliphatic carbocycles. The second-order valence-electron chi connectivity index (χ2n) is 4.61. The van der Waals surface area contributed by atoms with Crippen LogP contribution in [-0.2, 0) is 6.18 Å². The number of thiophene rings is 1. The summed E-state index contributed by atoms with van der Waals surface area (Å²) in [5.41, 5.74) is 1.05. The van der Waals surface area contributed by atoms with Crippen LogP contribution in [0.5, 0.6) is 0 Å². The smallest absolute Gasteiger partial charge is 0.381 e. The normalized spacial score (nSPS) is 13.3. The molecule has 1 atom stereocenters. The highest BCUT2D eigenvalue weighted by atomic mass is 32.1.